The lowest BCUT2D eigenvalue weighted by molar-refractivity contribution is -0.136. The number of nitrogens with zero attached hydrogens (tertiary/aromatic N) is 1. The number of carboxylic acid groups (broad SMARTS) is 1. The largest absolute Gasteiger partial charge is 0.481 e. The fourth-order valence-corrected chi connectivity index (χ4v) is 4.03. The molecule has 1 N–H and O–H groups in total. The first kappa shape index (κ1) is 11.9. The highest BCUT2D eigenvalue weighted by molar-refractivity contribution is 7.16. The number of aromatic nitrogens is 1. The smallest absolute Gasteiger partial charge is 0.308 e. The molecule has 0 bridgehead atoms. The van der Waals surface area contributed by atoms with Crippen LogP contribution in [0.1, 0.15) is 35.1 Å². The van der Waals surface area contributed by atoms with Crippen LogP contribution >= 0.6 is 22.7 Å². The Labute approximate surface area is 113 Å². The Kier molecular flexibility index (Phi) is 3.18. The van der Waals surface area contributed by atoms with Crippen LogP contribution in [0.25, 0.3) is 10.6 Å². The number of rotatable bonds is 4. The monoisotopic (exact) mass is 279 g/mol. The SMILES string of the molecule is O=C(O)Cc1ccc(-c2csc(C3CCC3)n2)s1. The summed E-state index contributed by atoms with van der Waals surface area (Å²) < 4.78 is 0. The van der Waals surface area contributed by atoms with E-state index in [1.165, 1.54) is 35.6 Å². The van der Waals surface area contributed by atoms with Gasteiger partial charge in [0.2, 0.25) is 0 Å². The third-order valence-corrected chi connectivity index (χ3v) is 5.33. The van der Waals surface area contributed by atoms with Gasteiger partial charge in [-0.2, -0.15) is 0 Å². The maximum Gasteiger partial charge on any atom is 0.308 e. The number of carbonyl (C=O) groups is 1. The molecule has 94 valence electrons. The van der Waals surface area contributed by atoms with Gasteiger partial charge in [0, 0.05) is 16.2 Å². The van der Waals surface area contributed by atoms with E-state index in [2.05, 4.69) is 10.4 Å². The molecule has 0 aromatic carbocycles. The van der Waals surface area contributed by atoms with Crippen LogP contribution in [0.2, 0.25) is 0 Å². The van der Waals surface area contributed by atoms with Crippen LogP contribution in [0.5, 0.6) is 0 Å². The van der Waals surface area contributed by atoms with E-state index in [0.29, 0.717) is 5.92 Å². The van der Waals surface area contributed by atoms with Gasteiger partial charge in [-0.3, -0.25) is 4.79 Å². The third-order valence-electron chi connectivity index (χ3n) is 3.22. The van der Waals surface area contributed by atoms with E-state index in [-0.39, 0.29) is 6.42 Å². The Bertz CT molecular complexity index is 569. The van der Waals surface area contributed by atoms with Gasteiger partial charge in [0.15, 0.2) is 0 Å². The van der Waals surface area contributed by atoms with E-state index in [9.17, 15) is 4.79 Å². The number of aliphatic carboxylic acids is 1. The molecule has 0 atom stereocenters. The van der Waals surface area contributed by atoms with Crippen LogP contribution in [-0.2, 0) is 11.2 Å². The van der Waals surface area contributed by atoms with Crippen molar-refractivity contribution in [2.24, 2.45) is 0 Å². The zero-order valence-electron chi connectivity index (χ0n) is 9.76. The first-order valence-electron chi connectivity index (χ1n) is 5.98. The molecule has 0 saturated heterocycles. The standard InChI is InChI=1S/C13H13NO2S2/c15-12(16)6-9-4-5-11(18-9)10-7-17-13(14-10)8-2-1-3-8/h4-5,7-8H,1-3,6H2,(H,15,16). The molecule has 5 heteroatoms. The van der Waals surface area contributed by atoms with Gasteiger partial charge in [-0.05, 0) is 25.0 Å². The second-order valence-electron chi connectivity index (χ2n) is 4.54. The summed E-state index contributed by atoms with van der Waals surface area (Å²) in [6, 6.07) is 3.86. The second-order valence-corrected chi connectivity index (χ2v) is 6.59. The summed E-state index contributed by atoms with van der Waals surface area (Å²) in [5.41, 5.74) is 1.00. The summed E-state index contributed by atoms with van der Waals surface area (Å²) in [4.78, 5) is 17.3. The molecule has 1 fully saturated rings. The van der Waals surface area contributed by atoms with E-state index in [4.69, 9.17) is 5.11 Å². The minimum absolute atomic E-state index is 0.101. The predicted octanol–water partition coefficient (Wildman–Crippen LogP) is 3.77. The summed E-state index contributed by atoms with van der Waals surface area (Å²) in [5.74, 6) is -0.112. The van der Waals surface area contributed by atoms with Gasteiger partial charge in [0.25, 0.3) is 0 Å². The van der Waals surface area contributed by atoms with Crippen molar-refractivity contribution in [3.05, 3.63) is 27.4 Å². The minimum atomic E-state index is -0.781. The molecular formula is C13H13NO2S2. The molecule has 1 saturated carbocycles. The lowest BCUT2D eigenvalue weighted by Gasteiger charge is -2.22. The topological polar surface area (TPSA) is 50.2 Å². The van der Waals surface area contributed by atoms with Crippen molar-refractivity contribution in [1.82, 2.24) is 4.98 Å². The first-order valence-corrected chi connectivity index (χ1v) is 7.68. The molecule has 2 heterocycles. The van der Waals surface area contributed by atoms with Gasteiger partial charge in [-0.1, -0.05) is 6.42 Å². The van der Waals surface area contributed by atoms with Crippen molar-refractivity contribution >= 4 is 28.6 Å². The lowest BCUT2D eigenvalue weighted by Crippen LogP contribution is -2.07. The zero-order valence-corrected chi connectivity index (χ0v) is 11.4. The molecular weight excluding hydrogens is 266 g/mol. The molecule has 3 nitrogen and oxygen atoms in total. The average molecular weight is 279 g/mol. The van der Waals surface area contributed by atoms with E-state index < -0.39 is 5.97 Å². The Morgan fingerprint density at radius 1 is 1.44 bits per heavy atom. The molecule has 0 aliphatic heterocycles. The van der Waals surface area contributed by atoms with Crippen molar-refractivity contribution in [2.45, 2.75) is 31.6 Å². The molecule has 1 aliphatic rings. The maximum absolute atomic E-state index is 10.6. The molecule has 1 aliphatic carbocycles. The Morgan fingerprint density at radius 2 is 2.28 bits per heavy atom. The van der Waals surface area contributed by atoms with Crippen LogP contribution in [0, 0.1) is 0 Å². The van der Waals surface area contributed by atoms with Gasteiger partial charge in [-0.15, -0.1) is 22.7 Å². The quantitative estimate of drug-likeness (QED) is 0.927. The van der Waals surface area contributed by atoms with Crippen molar-refractivity contribution < 1.29 is 9.90 Å². The highest BCUT2D eigenvalue weighted by atomic mass is 32.1. The zero-order chi connectivity index (χ0) is 12.5. The van der Waals surface area contributed by atoms with E-state index in [0.717, 1.165) is 15.4 Å². The molecule has 2 aromatic rings. The molecule has 18 heavy (non-hydrogen) atoms. The first-order chi connectivity index (χ1) is 8.72. The highest BCUT2D eigenvalue weighted by Crippen LogP contribution is 2.39. The summed E-state index contributed by atoms with van der Waals surface area (Å²) >= 11 is 3.26. The average Bonchev–Trinajstić information content (AvgIpc) is 2.83. The molecule has 0 amide bonds. The van der Waals surface area contributed by atoms with Crippen LogP contribution in [0.15, 0.2) is 17.5 Å². The van der Waals surface area contributed by atoms with Gasteiger partial charge in [0.1, 0.15) is 0 Å². The summed E-state index contributed by atoms with van der Waals surface area (Å²) in [7, 11) is 0. The Balaban J connectivity index is 1.79. The number of hydrogen-bond acceptors (Lipinski definition) is 4. The lowest BCUT2D eigenvalue weighted by atomic mass is 9.86. The van der Waals surface area contributed by atoms with E-state index in [1.54, 1.807) is 11.3 Å². The molecule has 0 radical (unpaired) electrons. The number of thiazole rings is 1. The third kappa shape index (κ3) is 2.33. The van der Waals surface area contributed by atoms with Gasteiger partial charge in [0.05, 0.1) is 22.0 Å². The number of hydrogen-bond donors (Lipinski definition) is 1. The summed E-state index contributed by atoms with van der Waals surface area (Å²) in [5, 5.41) is 12.1. The maximum atomic E-state index is 10.6. The van der Waals surface area contributed by atoms with Crippen molar-refractivity contribution in [3.8, 4) is 10.6 Å². The molecule has 2 aromatic heterocycles. The Morgan fingerprint density at radius 3 is 2.94 bits per heavy atom. The predicted molar refractivity (Wildman–Crippen MR) is 73.4 cm³/mol. The fraction of sp³-hybridized carbons (Fsp3) is 0.385. The van der Waals surface area contributed by atoms with Gasteiger partial charge in [-0.25, -0.2) is 4.98 Å². The number of thiophene rings is 1. The van der Waals surface area contributed by atoms with Gasteiger partial charge < -0.3 is 5.11 Å². The molecule has 3 rings (SSSR count). The normalized spacial score (nSPS) is 15.6. The molecule has 0 unspecified atom stereocenters. The number of carboxylic acids is 1. The van der Waals surface area contributed by atoms with E-state index >= 15 is 0 Å². The van der Waals surface area contributed by atoms with Crippen LogP contribution in [-0.4, -0.2) is 16.1 Å². The van der Waals surface area contributed by atoms with Gasteiger partial charge >= 0.3 is 5.97 Å². The van der Waals surface area contributed by atoms with Crippen LogP contribution < -0.4 is 0 Å². The van der Waals surface area contributed by atoms with E-state index in [1.807, 2.05) is 12.1 Å². The van der Waals surface area contributed by atoms with Crippen molar-refractivity contribution in [1.29, 1.82) is 0 Å². The summed E-state index contributed by atoms with van der Waals surface area (Å²) in [6.45, 7) is 0. The van der Waals surface area contributed by atoms with Crippen molar-refractivity contribution in [3.63, 3.8) is 0 Å². The highest BCUT2D eigenvalue weighted by Gasteiger charge is 2.22. The van der Waals surface area contributed by atoms with Crippen molar-refractivity contribution in [2.75, 3.05) is 0 Å². The second kappa shape index (κ2) is 4.82. The Hall–Kier alpha value is -1.20. The summed E-state index contributed by atoms with van der Waals surface area (Å²) in [6.07, 6.45) is 3.95. The van der Waals surface area contributed by atoms with Crippen LogP contribution in [0.4, 0.5) is 0 Å². The molecule has 0 spiro atoms. The minimum Gasteiger partial charge on any atom is -0.481 e. The fourth-order valence-electron chi connectivity index (χ4n) is 2.00. The van der Waals surface area contributed by atoms with Crippen LogP contribution in [0.3, 0.4) is 0 Å².